The van der Waals surface area contributed by atoms with Crippen molar-refractivity contribution in [2.24, 2.45) is 0 Å². The van der Waals surface area contributed by atoms with Crippen molar-refractivity contribution in [3.8, 4) is 11.5 Å². The minimum absolute atomic E-state index is 0.194. The van der Waals surface area contributed by atoms with E-state index in [1.807, 2.05) is 42.5 Å². The van der Waals surface area contributed by atoms with E-state index in [1.165, 1.54) is 11.8 Å². The predicted octanol–water partition coefficient (Wildman–Crippen LogP) is 4.41. The van der Waals surface area contributed by atoms with E-state index in [4.69, 9.17) is 9.47 Å². The van der Waals surface area contributed by atoms with Crippen LogP contribution in [0.15, 0.2) is 77.7 Å². The van der Waals surface area contributed by atoms with Gasteiger partial charge in [-0.15, -0.1) is 11.8 Å². The van der Waals surface area contributed by atoms with Crippen molar-refractivity contribution in [2.75, 3.05) is 31.8 Å². The minimum Gasteiger partial charge on any atom is -0.493 e. The van der Waals surface area contributed by atoms with Gasteiger partial charge in [0, 0.05) is 11.4 Å². The number of anilines is 1. The molecule has 3 rings (SSSR count). The molecule has 0 aliphatic carbocycles. The van der Waals surface area contributed by atoms with Crippen LogP contribution in [0.2, 0.25) is 0 Å². The van der Waals surface area contributed by atoms with Crippen molar-refractivity contribution < 1.29 is 19.1 Å². The summed E-state index contributed by atoms with van der Waals surface area (Å²) in [6, 6.07) is 22.5. The van der Waals surface area contributed by atoms with Gasteiger partial charge in [-0.1, -0.05) is 42.5 Å². The normalized spacial score (nSPS) is 10.3. The van der Waals surface area contributed by atoms with Crippen LogP contribution in [0.5, 0.6) is 11.5 Å². The molecule has 0 aromatic heterocycles. The fourth-order valence-corrected chi connectivity index (χ4v) is 3.82. The van der Waals surface area contributed by atoms with Gasteiger partial charge in [0.15, 0.2) is 11.5 Å². The monoisotopic (exact) mass is 450 g/mol. The van der Waals surface area contributed by atoms with E-state index < -0.39 is 0 Å². The second-order valence-electron chi connectivity index (χ2n) is 6.89. The molecule has 0 bridgehead atoms. The van der Waals surface area contributed by atoms with Crippen LogP contribution in [0.25, 0.3) is 0 Å². The largest absolute Gasteiger partial charge is 0.493 e. The Morgan fingerprint density at radius 2 is 1.59 bits per heavy atom. The molecule has 0 heterocycles. The third-order valence-corrected chi connectivity index (χ3v) is 5.71. The maximum atomic E-state index is 12.7. The molecule has 0 aliphatic rings. The number of thioether (sulfide) groups is 1. The van der Waals surface area contributed by atoms with Crippen LogP contribution in [-0.4, -0.2) is 38.3 Å². The zero-order valence-electron chi connectivity index (χ0n) is 18.1. The lowest BCUT2D eigenvalue weighted by molar-refractivity contribution is -0.113. The molecule has 0 spiro atoms. The molecular formula is C25H26N2O4S. The average molecular weight is 451 g/mol. The van der Waals surface area contributed by atoms with E-state index in [-0.39, 0.29) is 17.6 Å². The Bertz CT molecular complexity index is 1060. The molecular weight excluding hydrogens is 424 g/mol. The molecule has 3 aromatic rings. The van der Waals surface area contributed by atoms with Gasteiger partial charge in [-0.05, 0) is 42.3 Å². The highest BCUT2D eigenvalue weighted by molar-refractivity contribution is 8.00. The molecule has 32 heavy (non-hydrogen) atoms. The first-order chi connectivity index (χ1) is 15.6. The lowest BCUT2D eigenvalue weighted by Gasteiger charge is -2.12. The molecule has 6 nitrogen and oxygen atoms in total. The second-order valence-corrected chi connectivity index (χ2v) is 7.94. The summed E-state index contributed by atoms with van der Waals surface area (Å²) in [5, 5.41) is 5.77. The summed E-state index contributed by atoms with van der Waals surface area (Å²) in [5.74, 6) is 1.02. The fraction of sp³-hybridized carbons (Fsp3) is 0.200. The van der Waals surface area contributed by atoms with E-state index >= 15 is 0 Å². The Kier molecular flexibility index (Phi) is 8.57. The number of benzene rings is 3. The van der Waals surface area contributed by atoms with Gasteiger partial charge in [0.25, 0.3) is 5.91 Å². The van der Waals surface area contributed by atoms with E-state index in [2.05, 4.69) is 10.6 Å². The van der Waals surface area contributed by atoms with Gasteiger partial charge in [0.05, 0.1) is 31.2 Å². The van der Waals surface area contributed by atoms with Crippen LogP contribution in [0.3, 0.4) is 0 Å². The number of carbonyl (C=O) groups is 2. The minimum atomic E-state index is -0.218. The van der Waals surface area contributed by atoms with Gasteiger partial charge in [-0.25, -0.2) is 0 Å². The quantitative estimate of drug-likeness (QED) is 0.448. The van der Waals surface area contributed by atoms with Crippen LogP contribution < -0.4 is 20.1 Å². The van der Waals surface area contributed by atoms with Crippen molar-refractivity contribution in [3.05, 3.63) is 83.9 Å². The fourth-order valence-electron chi connectivity index (χ4n) is 3.09. The lowest BCUT2D eigenvalue weighted by Crippen LogP contribution is -2.27. The SMILES string of the molecule is COc1ccc(SCC(=O)Nc2ccccc2C(=O)NCCc2ccccc2)cc1OC. The smallest absolute Gasteiger partial charge is 0.253 e. The number of amides is 2. The number of rotatable bonds is 10. The van der Waals surface area contributed by atoms with Gasteiger partial charge in [0.2, 0.25) is 5.91 Å². The van der Waals surface area contributed by atoms with Gasteiger partial charge in [-0.3, -0.25) is 9.59 Å². The Balaban J connectivity index is 1.55. The summed E-state index contributed by atoms with van der Waals surface area (Å²) in [4.78, 5) is 26.1. The average Bonchev–Trinajstić information content (AvgIpc) is 2.83. The molecule has 0 saturated heterocycles. The van der Waals surface area contributed by atoms with Crippen LogP contribution in [0.4, 0.5) is 5.69 Å². The Morgan fingerprint density at radius 3 is 2.34 bits per heavy atom. The van der Waals surface area contributed by atoms with E-state index in [0.717, 1.165) is 16.9 Å². The third-order valence-electron chi connectivity index (χ3n) is 4.71. The number of methoxy groups -OCH3 is 2. The summed E-state index contributed by atoms with van der Waals surface area (Å²) in [6.07, 6.45) is 0.739. The molecule has 166 valence electrons. The highest BCUT2D eigenvalue weighted by Gasteiger charge is 2.13. The molecule has 0 atom stereocenters. The first kappa shape index (κ1) is 23.2. The molecule has 0 unspecified atom stereocenters. The molecule has 7 heteroatoms. The molecule has 2 N–H and O–H groups in total. The van der Waals surface area contributed by atoms with Gasteiger partial charge >= 0.3 is 0 Å². The number of carbonyl (C=O) groups excluding carboxylic acids is 2. The molecule has 3 aromatic carbocycles. The molecule has 0 radical (unpaired) electrons. The Labute approximate surface area is 192 Å². The molecule has 0 aliphatic heterocycles. The van der Waals surface area contributed by atoms with Gasteiger partial charge < -0.3 is 20.1 Å². The van der Waals surface area contributed by atoms with E-state index in [0.29, 0.717) is 29.3 Å². The standard InChI is InChI=1S/C25H26N2O4S/c1-30-22-13-12-19(16-23(22)31-2)32-17-24(28)27-21-11-7-6-10-20(21)25(29)26-15-14-18-8-4-3-5-9-18/h3-13,16H,14-15,17H2,1-2H3,(H,26,29)(H,27,28). The van der Waals surface area contributed by atoms with Crippen molar-refractivity contribution in [2.45, 2.75) is 11.3 Å². The Morgan fingerprint density at radius 1 is 0.875 bits per heavy atom. The number of hydrogen-bond donors (Lipinski definition) is 2. The van der Waals surface area contributed by atoms with Gasteiger partial charge in [0.1, 0.15) is 0 Å². The number of nitrogens with one attached hydrogen (secondary N) is 2. The summed E-state index contributed by atoms with van der Waals surface area (Å²) in [6.45, 7) is 0.514. The summed E-state index contributed by atoms with van der Waals surface area (Å²) >= 11 is 1.37. The second kappa shape index (κ2) is 11.8. The summed E-state index contributed by atoms with van der Waals surface area (Å²) in [7, 11) is 3.15. The molecule has 0 fully saturated rings. The zero-order valence-corrected chi connectivity index (χ0v) is 18.9. The van der Waals surface area contributed by atoms with Crippen molar-refractivity contribution in [3.63, 3.8) is 0 Å². The van der Waals surface area contributed by atoms with Crippen molar-refractivity contribution >= 4 is 29.3 Å². The van der Waals surface area contributed by atoms with Gasteiger partial charge in [-0.2, -0.15) is 0 Å². The molecule has 2 amide bonds. The number of ether oxygens (including phenoxy) is 2. The number of hydrogen-bond acceptors (Lipinski definition) is 5. The summed E-state index contributed by atoms with van der Waals surface area (Å²) in [5.41, 5.74) is 2.08. The van der Waals surface area contributed by atoms with E-state index in [1.54, 1.807) is 44.6 Å². The maximum absolute atomic E-state index is 12.7. The first-order valence-electron chi connectivity index (χ1n) is 10.2. The van der Waals surface area contributed by atoms with Crippen molar-refractivity contribution in [1.29, 1.82) is 0 Å². The van der Waals surface area contributed by atoms with Crippen LogP contribution >= 0.6 is 11.8 Å². The van der Waals surface area contributed by atoms with Crippen LogP contribution in [0.1, 0.15) is 15.9 Å². The lowest BCUT2D eigenvalue weighted by atomic mass is 10.1. The van der Waals surface area contributed by atoms with Crippen LogP contribution in [-0.2, 0) is 11.2 Å². The number of para-hydroxylation sites is 1. The zero-order chi connectivity index (χ0) is 22.8. The maximum Gasteiger partial charge on any atom is 0.253 e. The van der Waals surface area contributed by atoms with Crippen molar-refractivity contribution in [1.82, 2.24) is 5.32 Å². The highest BCUT2D eigenvalue weighted by atomic mass is 32.2. The molecule has 0 saturated carbocycles. The summed E-state index contributed by atoms with van der Waals surface area (Å²) < 4.78 is 10.5. The predicted molar refractivity (Wildman–Crippen MR) is 128 cm³/mol. The van der Waals surface area contributed by atoms with Crippen LogP contribution in [0, 0.1) is 0 Å². The first-order valence-corrected chi connectivity index (χ1v) is 11.1. The third kappa shape index (κ3) is 6.52. The van der Waals surface area contributed by atoms with E-state index in [9.17, 15) is 9.59 Å². The highest BCUT2D eigenvalue weighted by Crippen LogP contribution is 2.31. The topological polar surface area (TPSA) is 76.7 Å². The Hall–Kier alpha value is -3.45.